The van der Waals surface area contributed by atoms with E-state index in [0.29, 0.717) is 5.75 Å². The Bertz CT molecular complexity index is 1910. The number of amides is 1. The zero-order valence-electron chi connectivity index (χ0n) is 25.1. The van der Waals surface area contributed by atoms with Gasteiger partial charge in [0, 0.05) is 22.6 Å². The number of ether oxygens (including phenoxy) is 1. The molecule has 1 amide bonds. The number of sulfonamides is 1. The summed E-state index contributed by atoms with van der Waals surface area (Å²) in [5.74, 6) is 0.00295. The highest BCUT2D eigenvalue weighted by molar-refractivity contribution is 7.92. The molecule has 4 aromatic carbocycles. The van der Waals surface area contributed by atoms with Crippen LogP contribution in [0.2, 0.25) is 0 Å². The molecule has 44 heavy (non-hydrogen) atoms. The minimum atomic E-state index is -4.08. The van der Waals surface area contributed by atoms with E-state index in [4.69, 9.17) is 4.74 Å². The Labute approximate surface area is 258 Å². The quantitative estimate of drug-likeness (QED) is 0.144. The van der Waals surface area contributed by atoms with Gasteiger partial charge in [-0.05, 0) is 86.5 Å². The van der Waals surface area contributed by atoms with Crippen LogP contribution in [0.5, 0.6) is 5.75 Å². The molecule has 5 rings (SSSR count). The summed E-state index contributed by atoms with van der Waals surface area (Å²) in [6.07, 6.45) is 1.60. The third-order valence-corrected chi connectivity index (χ3v) is 9.11. The number of hydrogen-bond acceptors (Lipinski definition) is 5. The predicted molar refractivity (Wildman–Crippen MR) is 174 cm³/mol. The molecule has 0 aliphatic heterocycles. The number of hydrogen-bond donors (Lipinski definition) is 1. The zero-order chi connectivity index (χ0) is 31.3. The molecule has 0 radical (unpaired) electrons. The average molecular weight is 607 g/mol. The molecule has 0 saturated carbocycles. The second-order valence-corrected chi connectivity index (χ2v) is 12.3. The van der Waals surface area contributed by atoms with Gasteiger partial charge in [-0.25, -0.2) is 13.8 Å². The number of benzene rings is 4. The summed E-state index contributed by atoms with van der Waals surface area (Å²) in [4.78, 5) is 13.6. The number of methoxy groups -OCH3 is 1. The highest BCUT2D eigenvalue weighted by atomic mass is 32.2. The zero-order valence-corrected chi connectivity index (χ0v) is 25.9. The number of carbonyl (C=O) groups is 1. The number of para-hydroxylation sites is 1. The largest absolute Gasteiger partial charge is 0.497 e. The first-order valence-corrected chi connectivity index (χ1v) is 15.5. The first kappa shape index (κ1) is 30.3. The van der Waals surface area contributed by atoms with Gasteiger partial charge in [0.25, 0.3) is 15.9 Å². The number of nitrogens with one attached hydrogen (secondary N) is 1. The average Bonchev–Trinajstić information content (AvgIpc) is 3.32. The summed E-state index contributed by atoms with van der Waals surface area (Å²) in [6.45, 7) is 6.09. The fraction of sp³-hybridized carbons (Fsp3) is 0.143. The lowest BCUT2D eigenvalue weighted by Crippen LogP contribution is -2.33. The van der Waals surface area contributed by atoms with Gasteiger partial charge in [-0.2, -0.15) is 5.10 Å². The van der Waals surface area contributed by atoms with Crippen LogP contribution in [0.25, 0.3) is 5.69 Å². The third-order valence-electron chi connectivity index (χ3n) is 7.33. The van der Waals surface area contributed by atoms with E-state index < -0.39 is 15.9 Å². The maximum atomic E-state index is 14.0. The Kier molecular flexibility index (Phi) is 8.96. The Morgan fingerprint density at radius 3 is 2.30 bits per heavy atom. The van der Waals surface area contributed by atoms with E-state index in [0.717, 1.165) is 33.8 Å². The van der Waals surface area contributed by atoms with E-state index in [1.165, 1.54) is 23.5 Å². The van der Waals surface area contributed by atoms with Gasteiger partial charge in [-0.15, -0.1) is 0 Å². The normalized spacial score (nSPS) is 11.5. The van der Waals surface area contributed by atoms with E-state index in [2.05, 4.69) is 34.2 Å². The first-order chi connectivity index (χ1) is 21.2. The molecule has 0 aliphatic carbocycles. The maximum absolute atomic E-state index is 14.0. The second kappa shape index (κ2) is 13.0. The van der Waals surface area contributed by atoms with Crippen molar-refractivity contribution in [2.45, 2.75) is 32.2 Å². The molecule has 1 N–H and O–H groups in total. The Morgan fingerprint density at radius 1 is 0.886 bits per heavy atom. The van der Waals surface area contributed by atoms with Crippen molar-refractivity contribution in [1.29, 1.82) is 0 Å². The van der Waals surface area contributed by atoms with Crippen LogP contribution < -0.4 is 14.5 Å². The van der Waals surface area contributed by atoms with Gasteiger partial charge in [0.05, 0.1) is 36.0 Å². The third kappa shape index (κ3) is 6.43. The molecule has 9 heteroatoms. The van der Waals surface area contributed by atoms with Gasteiger partial charge >= 0.3 is 0 Å². The van der Waals surface area contributed by atoms with E-state index in [1.807, 2.05) is 62.4 Å². The number of nitrogens with zero attached hydrogens (tertiary/aromatic N) is 3. The van der Waals surface area contributed by atoms with Crippen LogP contribution in [0.1, 0.15) is 38.4 Å². The van der Waals surface area contributed by atoms with Crippen molar-refractivity contribution in [2.75, 3.05) is 11.4 Å². The molecule has 0 spiro atoms. The molecule has 1 heterocycles. The number of hydrazone groups is 1. The van der Waals surface area contributed by atoms with E-state index in [1.54, 1.807) is 42.6 Å². The Hall–Kier alpha value is -5.15. The second-order valence-electron chi connectivity index (χ2n) is 10.4. The maximum Gasteiger partial charge on any atom is 0.273 e. The molecule has 0 aliphatic rings. The number of carbonyl (C=O) groups excluding carboxylic acids is 1. The topological polar surface area (TPSA) is 93.0 Å². The van der Waals surface area contributed by atoms with Crippen LogP contribution in [-0.4, -0.2) is 32.2 Å². The van der Waals surface area contributed by atoms with Gasteiger partial charge < -0.3 is 9.30 Å². The van der Waals surface area contributed by atoms with Crippen molar-refractivity contribution < 1.29 is 17.9 Å². The van der Waals surface area contributed by atoms with Crippen LogP contribution in [0.4, 0.5) is 5.69 Å². The number of aryl methyl sites for hydroxylation is 2. The molecule has 224 valence electrons. The van der Waals surface area contributed by atoms with Gasteiger partial charge in [-0.3, -0.25) is 9.10 Å². The van der Waals surface area contributed by atoms with Gasteiger partial charge in [0.2, 0.25) is 0 Å². The summed E-state index contributed by atoms with van der Waals surface area (Å²) in [6, 6.07) is 32.3. The number of aromatic nitrogens is 1. The summed E-state index contributed by atoms with van der Waals surface area (Å²) in [7, 11) is -2.56. The van der Waals surface area contributed by atoms with Crippen molar-refractivity contribution >= 4 is 27.8 Å². The summed E-state index contributed by atoms with van der Waals surface area (Å²) in [5, 5.41) is 4.25. The van der Waals surface area contributed by atoms with Gasteiger partial charge in [-0.1, -0.05) is 54.6 Å². The molecule has 0 saturated heterocycles. The molecule has 0 bridgehead atoms. The molecular weight excluding hydrogens is 572 g/mol. The van der Waals surface area contributed by atoms with Crippen LogP contribution in [0, 0.1) is 20.8 Å². The SMILES string of the molecule is COc1ccc(S(=O)(=O)N(Cc2ccccc2)c2ccccc2C(=O)N/N=C\c2cc(C)n(-c3cccc(C)c3)c2C)cc1. The lowest BCUT2D eigenvalue weighted by molar-refractivity contribution is 0.0955. The number of rotatable bonds is 10. The standard InChI is InChI=1S/C35H34N4O4S/c1-25-11-10-14-30(21-25)39-26(2)22-29(27(39)3)23-36-37-35(40)33-15-8-9-16-34(33)38(24-28-12-6-5-7-13-28)44(41,42)32-19-17-31(43-4)18-20-32/h5-23H,24H2,1-4H3,(H,37,40)/b36-23-. The minimum absolute atomic E-state index is 0.0215. The first-order valence-electron chi connectivity index (χ1n) is 14.1. The summed E-state index contributed by atoms with van der Waals surface area (Å²) >= 11 is 0. The van der Waals surface area contributed by atoms with Crippen molar-refractivity contribution in [3.8, 4) is 11.4 Å². The van der Waals surface area contributed by atoms with Crippen LogP contribution in [-0.2, 0) is 16.6 Å². The highest BCUT2D eigenvalue weighted by Gasteiger charge is 2.28. The van der Waals surface area contributed by atoms with Crippen molar-refractivity contribution in [1.82, 2.24) is 9.99 Å². The molecule has 5 aromatic rings. The summed E-state index contributed by atoms with van der Waals surface area (Å²) < 4.78 is 36.7. The fourth-order valence-electron chi connectivity index (χ4n) is 5.11. The lowest BCUT2D eigenvalue weighted by atomic mass is 10.1. The molecule has 0 fully saturated rings. The molecule has 1 aromatic heterocycles. The van der Waals surface area contributed by atoms with Crippen molar-refractivity contribution in [3.05, 3.63) is 143 Å². The Morgan fingerprint density at radius 2 is 1.59 bits per heavy atom. The molecule has 0 unspecified atom stereocenters. The van der Waals surface area contributed by atoms with Gasteiger partial charge in [0.15, 0.2) is 0 Å². The molecular formula is C35H34N4O4S. The highest BCUT2D eigenvalue weighted by Crippen LogP contribution is 2.30. The predicted octanol–water partition coefficient (Wildman–Crippen LogP) is 6.57. The van der Waals surface area contributed by atoms with Crippen LogP contribution in [0.15, 0.2) is 119 Å². The smallest absolute Gasteiger partial charge is 0.273 e. The van der Waals surface area contributed by atoms with Crippen molar-refractivity contribution in [2.24, 2.45) is 5.10 Å². The monoisotopic (exact) mass is 606 g/mol. The van der Waals surface area contributed by atoms with E-state index in [-0.39, 0.29) is 22.7 Å². The lowest BCUT2D eigenvalue weighted by Gasteiger charge is -2.26. The number of anilines is 1. The van der Waals surface area contributed by atoms with Gasteiger partial charge in [0.1, 0.15) is 5.75 Å². The van der Waals surface area contributed by atoms with E-state index >= 15 is 0 Å². The van der Waals surface area contributed by atoms with Crippen molar-refractivity contribution in [3.63, 3.8) is 0 Å². The molecule has 0 atom stereocenters. The van der Waals surface area contributed by atoms with Crippen LogP contribution in [0.3, 0.4) is 0 Å². The minimum Gasteiger partial charge on any atom is -0.497 e. The van der Waals surface area contributed by atoms with E-state index in [9.17, 15) is 13.2 Å². The van der Waals surface area contributed by atoms with Crippen LogP contribution >= 0.6 is 0 Å². The Balaban J connectivity index is 1.45. The molecule has 8 nitrogen and oxygen atoms in total. The fourth-order valence-corrected chi connectivity index (χ4v) is 6.58. The summed E-state index contributed by atoms with van der Waals surface area (Å²) in [5.41, 5.74) is 8.84.